The summed E-state index contributed by atoms with van der Waals surface area (Å²) in [5.41, 5.74) is 1.28. The molecule has 0 bridgehead atoms. The first-order valence-corrected chi connectivity index (χ1v) is 7.72. The van der Waals surface area contributed by atoms with Crippen LogP contribution in [0.3, 0.4) is 0 Å². The summed E-state index contributed by atoms with van der Waals surface area (Å²) >= 11 is 1.36. The number of rotatable bonds is 3. The fourth-order valence-corrected chi connectivity index (χ4v) is 2.98. The molecule has 1 heterocycles. The Morgan fingerprint density at radius 2 is 1.96 bits per heavy atom. The fourth-order valence-electron chi connectivity index (χ4n) is 2.12. The molecule has 7 heteroatoms. The predicted molar refractivity (Wildman–Crippen MR) is 86.5 cm³/mol. The van der Waals surface area contributed by atoms with Crippen LogP contribution in [0.4, 0.5) is 18.7 Å². The predicted octanol–water partition coefficient (Wildman–Crippen LogP) is 4.46. The van der Waals surface area contributed by atoms with Gasteiger partial charge in [-0.2, -0.15) is 0 Å². The van der Waals surface area contributed by atoms with Gasteiger partial charge in [-0.15, -0.1) is 0 Å². The summed E-state index contributed by atoms with van der Waals surface area (Å²) in [5, 5.41) is 5.78. The van der Waals surface area contributed by atoms with Crippen molar-refractivity contribution in [2.45, 2.75) is 13.0 Å². The van der Waals surface area contributed by atoms with Crippen LogP contribution in [0.1, 0.15) is 18.5 Å². The van der Waals surface area contributed by atoms with Gasteiger partial charge in [0.05, 0.1) is 16.3 Å². The Labute approximate surface area is 135 Å². The van der Waals surface area contributed by atoms with Gasteiger partial charge in [-0.1, -0.05) is 29.5 Å². The van der Waals surface area contributed by atoms with Crippen LogP contribution in [-0.4, -0.2) is 11.0 Å². The molecule has 0 saturated carbocycles. The summed E-state index contributed by atoms with van der Waals surface area (Å²) in [4.78, 5) is 16.3. The lowest BCUT2D eigenvalue weighted by Crippen LogP contribution is -2.31. The molecule has 0 unspecified atom stereocenters. The molecule has 118 valence electrons. The zero-order valence-electron chi connectivity index (χ0n) is 12.1. The maximum atomic E-state index is 13.2. The van der Waals surface area contributed by atoms with E-state index in [4.69, 9.17) is 0 Å². The molecule has 1 aromatic heterocycles. The Hall–Kier alpha value is -2.54. The zero-order valence-corrected chi connectivity index (χ0v) is 13.0. The molecule has 23 heavy (non-hydrogen) atoms. The molecule has 0 aliphatic carbocycles. The van der Waals surface area contributed by atoms with Crippen molar-refractivity contribution in [1.82, 2.24) is 10.3 Å². The van der Waals surface area contributed by atoms with Crippen LogP contribution in [0.25, 0.3) is 10.2 Å². The van der Waals surface area contributed by atoms with Crippen molar-refractivity contribution >= 4 is 32.7 Å². The van der Waals surface area contributed by atoms with Crippen LogP contribution in [0.2, 0.25) is 0 Å². The van der Waals surface area contributed by atoms with Gasteiger partial charge in [0.2, 0.25) is 0 Å². The number of amides is 2. The Balaban J connectivity index is 1.67. The smallest absolute Gasteiger partial charge is 0.321 e. The third-order valence-corrected chi connectivity index (χ3v) is 4.26. The molecular weight excluding hydrogens is 320 g/mol. The maximum absolute atomic E-state index is 13.2. The van der Waals surface area contributed by atoms with Gasteiger partial charge >= 0.3 is 6.03 Å². The molecule has 0 aliphatic heterocycles. The number of nitrogens with one attached hydrogen (secondary N) is 2. The molecule has 4 nitrogen and oxygen atoms in total. The van der Waals surface area contributed by atoms with Crippen molar-refractivity contribution in [1.29, 1.82) is 0 Å². The highest BCUT2D eigenvalue weighted by Gasteiger charge is 2.13. The summed E-state index contributed by atoms with van der Waals surface area (Å²) in [5.74, 6) is -1.86. The van der Waals surface area contributed by atoms with Gasteiger partial charge in [-0.05, 0) is 36.8 Å². The van der Waals surface area contributed by atoms with E-state index in [1.807, 2.05) is 24.3 Å². The summed E-state index contributed by atoms with van der Waals surface area (Å²) < 4.78 is 27.1. The van der Waals surface area contributed by atoms with E-state index in [1.54, 1.807) is 6.92 Å². The van der Waals surface area contributed by atoms with E-state index >= 15 is 0 Å². The van der Waals surface area contributed by atoms with E-state index in [-0.39, 0.29) is 0 Å². The fraction of sp³-hybridized carbons (Fsp3) is 0.125. The normalized spacial score (nSPS) is 12.1. The van der Waals surface area contributed by atoms with E-state index in [1.165, 1.54) is 17.4 Å². The van der Waals surface area contributed by atoms with Crippen LogP contribution >= 0.6 is 11.3 Å². The van der Waals surface area contributed by atoms with E-state index in [0.29, 0.717) is 10.7 Å². The van der Waals surface area contributed by atoms with Gasteiger partial charge in [0.15, 0.2) is 16.8 Å². The average molecular weight is 333 g/mol. The molecule has 2 N–H and O–H groups in total. The van der Waals surface area contributed by atoms with Gasteiger partial charge in [0.25, 0.3) is 0 Å². The van der Waals surface area contributed by atoms with Gasteiger partial charge in [0, 0.05) is 0 Å². The minimum absolute atomic E-state index is 0.457. The van der Waals surface area contributed by atoms with Crippen molar-refractivity contribution in [3.8, 4) is 0 Å². The molecular formula is C16H13F2N3OS. The monoisotopic (exact) mass is 333 g/mol. The summed E-state index contributed by atoms with van der Waals surface area (Å²) in [6.07, 6.45) is 0. The van der Waals surface area contributed by atoms with Crippen LogP contribution in [-0.2, 0) is 0 Å². The molecule has 2 amide bonds. The highest BCUT2D eigenvalue weighted by molar-refractivity contribution is 7.22. The molecule has 0 saturated heterocycles. The first-order chi connectivity index (χ1) is 11.0. The molecule has 1 atom stereocenters. The van der Waals surface area contributed by atoms with Gasteiger partial charge in [-0.25, -0.2) is 18.6 Å². The number of hydrogen-bond acceptors (Lipinski definition) is 3. The number of nitrogens with zero attached hydrogens (tertiary/aromatic N) is 1. The number of anilines is 1. The van der Waals surface area contributed by atoms with Crippen molar-refractivity contribution in [3.63, 3.8) is 0 Å². The summed E-state index contributed by atoms with van der Waals surface area (Å²) in [6, 6.07) is 10.2. The van der Waals surface area contributed by atoms with E-state index < -0.39 is 23.7 Å². The van der Waals surface area contributed by atoms with Gasteiger partial charge in [0.1, 0.15) is 0 Å². The van der Waals surface area contributed by atoms with Crippen molar-refractivity contribution < 1.29 is 13.6 Å². The zero-order chi connectivity index (χ0) is 16.4. The highest BCUT2D eigenvalue weighted by atomic mass is 32.1. The Morgan fingerprint density at radius 3 is 2.70 bits per heavy atom. The molecule has 0 radical (unpaired) electrons. The standard InChI is InChI=1S/C16H13F2N3OS/c1-9(10-6-7-11(17)12(18)8-10)19-15(22)21-16-20-13-4-2-3-5-14(13)23-16/h2-9H,1H3,(H2,19,20,21,22)/t9-/m1/s1. The Bertz CT molecular complexity index is 832. The third kappa shape index (κ3) is 3.45. The molecule has 0 aliphatic rings. The van der Waals surface area contributed by atoms with Crippen LogP contribution in [0.5, 0.6) is 0 Å². The number of benzene rings is 2. The Morgan fingerprint density at radius 1 is 1.17 bits per heavy atom. The van der Waals surface area contributed by atoms with Crippen LogP contribution in [0.15, 0.2) is 42.5 Å². The number of thiazole rings is 1. The second kappa shape index (κ2) is 6.29. The quantitative estimate of drug-likeness (QED) is 0.743. The second-order valence-corrected chi connectivity index (χ2v) is 6.01. The van der Waals surface area contributed by atoms with E-state index in [0.717, 1.165) is 22.3 Å². The summed E-state index contributed by atoms with van der Waals surface area (Å²) in [6.45, 7) is 1.69. The maximum Gasteiger partial charge on any atom is 0.321 e. The minimum atomic E-state index is -0.942. The summed E-state index contributed by atoms with van der Waals surface area (Å²) in [7, 11) is 0. The molecule has 2 aromatic carbocycles. The van der Waals surface area contributed by atoms with Crippen molar-refractivity contribution in [2.24, 2.45) is 0 Å². The second-order valence-electron chi connectivity index (χ2n) is 4.98. The highest BCUT2D eigenvalue weighted by Crippen LogP contribution is 2.25. The Kier molecular flexibility index (Phi) is 4.20. The average Bonchev–Trinajstić information content (AvgIpc) is 2.91. The number of para-hydroxylation sites is 1. The minimum Gasteiger partial charge on any atom is -0.331 e. The largest absolute Gasteiger partial charge is 0.331 e. The van der Waals surface area contributed by atoms with Crippen molar-refractivity contribution in [3.05, 3.63) is 59.7 Å². The van der Waals surface area contributed by atoms with Crippen LogP contribution in [0, 0.1) is 11.6 Å². The number of carbonyl (C=O) groups is 1. The number of fused-ring (bicyclic) bond motifs is 1. The number of carbonyl (C=O) groups excluding carboxylic acids is 1. The number of aromatic nitrogens is 1. The first-order valence-electron chi connectivity index (χ1n) is 6.91. The van der Waals surface area contributed by atoms with Crippen molar-refractivity contribution in [2.75, 3.05) is 5.32 Å². The SMILES string of the molecule is C[C@@H](NC(=O)Nc1nc2ccccc2s1)c1ccc(F)c(F)c1. The van der Waals surface area contributed by atoms with Crippen LogP contribution < -0.4 is 10.6 Å². The van der Waals surface area contributed by atoms with E-state index in [2.05, 4.69) is 15.6 Å². The number of hydrogen-bond donors (Lipinski definition) is 2. The van der Waals surface area contributed by atoms with Gasteiger partial charge in [-0.3, -0.25) is 5.32 Å². The van der Waals surface area contributed by atoms with E-state index in [9.17, 15) is 13.6 Å². The lowest BCUT2D eigenvalue weighted by atomic mass is 10.1. The third-order valence-electron chi connectivity index (χ3n) is 3.31. The number of urea groups is 1. The molecule has 3 rings (SSSR count). The molecule has 3 aromatic rings. The molecule has 0 spiro atoms. The first kappa shape index (κ1) is 15.4. The lowest BCUT2D eigenvalue weighted by Gasteiger charge is -2.14. The lowest BCUT2D eigenvalue weighted by molar-refractivity contribution is 0.249. The topological polar surface area (TPSA) is 54.0 Å². The van der Waals surface area contributed by atoms with Gasteiger partial charge < -0.3 is 5.32 Å². The number of halogens is 2. The molecule has 0 fully saturated rings.